The van der Waals surface area contributed by atoms with Crippen molar-refractivity contribution in [3.05, 3.63) is 201 Å². The molecule has 0 unspecified atom stereocenters. The van der Waals surface area contributed by atoms with E-state index in [1.807, 2.05) is 48.9 Å². The summed E-state index contributed by atoms with van der Waals surface area (Å²) in [4.78, 5) is 11.2. The summed E-state index contributed by atoms with van der Waals surface area (Å²) in [6, 6.07) is 62.5. The second kappa shape index (κ2) is 12.8. The van der Waals surface area contributed by atoms with E-state index in [1.54, 1.807) is 0 Å². The zero-order valence-corrected chi connectivity index (χ0v) is 28.8. The van der Waals surface area contributed by atoms with Crippen LogP contribution in [0.5, 0.6) is 0 Å². The van der Waals surface area contributed by atoms with Gasteiger partial charge >= 0.3 is 0 Å². The van der Waals surface area contributed by atoms with E-state index in [0.717, 1.165) is 56.3 Å². The van der Waals surface area contributed by atoms with Crippen molar-refractivity contribution in [2.24, 2.45) is 0 Å². The van der Waals surface area contributed by atoms with E-state index >= 15 is 0 Å². The van der Waals surface area contributed by atoms with E-state index in [9.17, 15) is 0 Å². The highest BCUT2D eigenvalue weighted by Gasteiger charge is 2.20. The number of rotatable bonds is 7. The number of aromatic nitrogens is 4. The quantitative estimate of drug-likeness (QED) is 0.168. The summed E-state index contributed by atoms with van der Waals surface area (Å²) in [6.45, 7) is 0. The summed E-state index contributed by atoms with van der Waals surface area (Å²) in [5, 5.41) is 3.65. The van der Waals surface area contributed by atoms with Crippen molar-refractivity contribution in [3.8, 4) is 33.8 Å². The third-order valence-electron chi connectivity index (χ3n) is 10.1. The normalized spacial score (nSPS) is 11.4. The molecule has 0 bridgehead atoms. The molecule has 0 saturated carbocycles. The molecule has 4 aromatic heterocycles. The van der Waals surface area contributed by atoms with E-state index in [0.29, 0.717) is 0 Å². The Morgan fingerprint density at radius 1 is 0.415 bits per heavy atom. The number of nitrogens with zero attached hydrogens (tertiary/aromatic N) is 5. The number of anilines is 3. The zero-order chi connectivity index (χ0) is 35.1. The maximum Gasteiger partial charge on any atom is 0.0701 e. The first kappa shape index (κ1) is 30.6. The van der Waals surface area contributed by atoms with Crippen LogP contribution in [0.15, 0.2) is 201 Å². The minimum atomic E-state index is 0.953. The van der Waals surface area contributed by atoms with Crippen molar-refractivity contribution in [1.82, 2.24) is 19.1 Å². The summed E-state index contributed by atoms with van der Waals surface area (Å²) < 4.78 is 4.67. The van der Waals surface area contributed by atoms with Crippen LogP contribution < -0.4 is 4.90 Å². The van der Waals surface area contributed by atoms with Gasteiger partial charge in [0, 0.05) is 74.9 Å². The summed E-state index contributed by atoms with van der Waals surface area (Å²) >= 11 is 0. The van der Waals surface area contributed by atoms with E-state index in [-0.39, 0.29) is 0 Å². The van der Waals surface area contributed by atoms with Gasteiger partial charge in [0.2, 0.25) is 0 Å². The maximum atomic E-state index is 4.59. The average molecular weight is 680 g/mol. The first-order chi connectivity index (χ1) is 26.3. The molecule has 0 aliphatic carbocycles. The fourth-order valence-electron chi connectivity index (χ4n) is 7.64. The van der Waals surface area contributed by atoms with Crippen LogP contribution in [-0.4, -0.2) is 19.1 Å². The summed E-state index contributed by atoms with van der Waals surface area (Å²) in [6.07, 6.45) is 7.70. The first-order valence-electron chi connectivity index (χ1n) is 17.8. The van der Waals surface area contributed by atoms with Gasteiger partial charge in [-0.15, -0.1) is 0 Å². The summed E-state index contributed by atoms with van der Waals surface area (Å²) in [5.41, 5.74) is 13.3. The molecule has 0 saturated heterocycles. The van der Waals surface area contributed by atoms with Gasteiger partial charge in [-0.1, -0.05) is 66.7 Å². The number of para-hydroxylation sites is 2. The van der Waals surface area contributed by atoms with Crippen LogP contribution in [0.25, 0.3) is 66.5 Å². The number of fused-ring (bicyclic) bond motifs is 5. The Morgan fingerprint density at radius 3 is 1.72 bits per heavy atom. The molecular weight excluding hydrogens is 647 g/mol. The second-order valence-electron chi connectivity index (χ2n) is 13.2. The minimum Gasteiger partial charge on any atom is -0.317 e. The molecule has 5 nitrogen and oxygen atoms in total. The van der Waals surface area contributed by atoms with Crippen LogP contribution in [0.1, 0.15) is 0 Å². The van der Waals surface area contributed by atoms with E-state index in [4.69, 9.17) is 0 Å². The zero-order valence-electron chi connectivity index (χ0n) is 28.8. The molecule has 0 atom stereocenters. The van der Waals surface area contributed by atoms with E-state index in [2.05, 4.69) is 176 Å². The first-order valence-corrected chi connectivity index (χ1v) is 17.8. The number of hydrogen-bond acceptors (Lipinski definition) is 3. The molecule has 53 heavy (non-hydrogen) atoms. The lowest BCUT2D eigenvalue weighted by Crippen LogP contribution is -2.10. The maximum absolute atomic E-state index is 4.59. The molecule has 0 N–H and O–H groups in total. The third kappa shape index (κ3) is 5.34. The smallest absolute Gasteiger partial charge is 0.0701 e. The van der Waals surface area contributed by atoms with Gasteiger partial charge in [-0.05, 0) is 120 Å². The Hall–Kier alpha value is -7.24. The molecule has 0 aliphatic rings. The SMILES string of the molecule is c1ccc(-n2ccc3c4c5cc(N(c6ccc(-c7ccncc7)cc6)c6ccc(-c7ccccn7)cc6)ccc5n(-c5ccccc5)c4ccc32)cc1. The number of benzene rings is 6. The Balaban J connectivity index is 1.19. The Morgan fingerprint density at radius 2 is 1.02 bits per heavy atom. The third-order valence-corrected chi connectivity index (χ3v) is 10.1. The fraction of sp³-hybridized carbons (Fsp3) is 0. The number of pyridine rings is 2. The van der Waals surface area contributed by atoms with Crippen LogP contribution in [0, 0.1) is 0 Å². The summed E-state index contributed by atoms with van der Waals surface area (Å²) in [5.74, 6) is 0. The van der Waals surface area contributed by atoms with Gasteiger partial charge in [0.25, 0.3) is 0 Å². The lowest BCUT2D eigenvalue weighted by Gasteiger charge is -2.26. The molecular formula is C48H33N5. The highest BCUT2D eigenvalue weighted by molar-refractivity contribution is 6.22. The van der Waals surface area contributed by atoms with Crippen molar-refractivity contribution < 1.29 is 0 Å². The molecule has 0 fully saturated rings. The van der Waals surface area contributed by atoms with Gasteiger partial charge in [0.05, 0.1) is 22.2 Å². The van der Waals surface area contributed by atoms with E-state index in [1.165, 1.54) is 27.2 Å². The van der Waals surface area contributed by atoms with Crippen LogP contribution in [0.3, 0.4) is 0 Å². The molecule has 10 aromatic rings. The number of hydrogen-bond donors (Lipinski definition) is 0. The second-order valence-corrected chi connectivity index (χ2v) is 13.2. The van der Waals surface area contributed by atoms with Gasteiger partial charge < -0.3 is 14.0 Å². The topological polar surface area (TPSA) is 38.9 Å². The highest BCUT2D eigenvalue weighted by Crippen LogP contribution is 2.43. The molecule has 4 heterocycles. The van der Waals surface area contributed by atoms with Crippen molar-refractivity contribution in [3.63, 3.8) is 0 Å². The summed E-state index contributed by atoms with van der Waals surface area (Å²) in [7, 11) is 0. The standard InChI is InChI=1S/C48H33N5/c1-3-9-37(10-4-1)51-32-28-42-45(51)24-25-47-48(42)43-33-41(22-23-46(43)53(47)38-11-5-2-6-12-38)52(39-18-14-34(15-19-39)35-26-30-49-31-27-35)40-20-16-36(17-21-40)44-13-7-8-29-50-44/h1-33H. The predicted octanol–water partition coefficient (Wildman–Crippen LogP) is 12.3. The fourth-order valence-corrected chi connectivity index (χ4v) is 7.64. The monoisotopic (exact) mass is 679 g/mol. The van der Waals surface area contributed by atoms with Gasteiger partial charge in [-0.2, -0.15) is 0 Å². The van der Waals surface area contributed by atoms with Gasteiger partial charge in [0.15, 0.2) is 0 Å². The molecule has 5 heteroatoms. The van der Waals surface area contributed by atoms with Gasteiger partial charge in [-0.3, -0.25) is 9.97 Å². The minimum absolute atomic E-state index is 0.953. The molecule has 6 aromatic carbocycles. The van der Waals surface area contributed by atoms with Crippen molar-refractivity contribution in [2.45, 2.75) is 0 Å². The van der Waals surface area contributed by atoms with Crippen molar-refractivity contribution in [1.29, 1.82) is 0 Å². The van der Waals surface area contributed by atoms with Crippen LogP contribution in [0.2, 0.25) is 0 Å². The molecule has 250 valence electrons. The van der Waals surface area contributed by atoms with Crippen molar-refractivity contribution >= 4 is 49.8 Å². The largest absolute Gasteiger partial charge is 0.317 e. The molecule has 0 amide bonds. The Kier molecular flexibility index (Phi) is 7.40. The molecule has 10 rings (SSSR count). The van der Waals surface area contributed by atoms with Crippen LogP contribution in [-0.2, 0) is 0 Å². The van der Waals surface area contributed by atoms with Gasteiger partial charge in [0.1, 0.15) is 0 Å². The molecule has 0 spiro atoms. The molecule has 0 radical (unpaired) electrons. The Bertz CT molecular complexity index is 2760. The van der Waals surface area contributed by atoms with Crippen molar-refractivity contribution in [2.75, 3.05) is 4.90 Å². The van der Waals surface area contributed by atoms with Crippen LogP contribution in [0.4, 0.5) is 17.1 Å². The lowest BCUT2D eigenvalue weighted by atomic mass is 10.0. The lowest BCUT2D eigenvalue weighted by molar-refractivity contribution is 1.13. The van der Waals surface area contributed by atoms with E-state index < -0.39 is 0 Å². The average Bonchev–Trinajstić information content (AvgIpc) is 3.82. The predicted molar refractivity (Wildman–Crippen MR) is 219 cm³/mol. The van der Waals surface area contributed by atoms with Gasteiger partial charge in [-0.25, -0.2) is 0 Å². The Labute approximate surface area is 307 Å². The van der Waals surface area contributed by atoms with Crippen LogP contribution >= 0.6 is 0 Å². The molecule has 0 aliphatic heterocycles. The highest BCUT2D eigenvalue weighted by atomic mass is 15.1.